The highest BCUT2D eigenvalue weighted by molar-refractivity contribution is 9.10. The molecule has 0 bridgehead atoms. The molecular formula is C14H16BrFN2O. The topological polar surface area (TPSA) is 47.3 Å². The van der Waals surface area contributed by atoms with Gasteiger partial charge in [-0.05, 0) is 40.9 Å². The van der Waals surface area contributed by atoms with Gasteiger partial charge in [0.2, 0.25) is 0 Å². The minimum atomic E-state index is -0.417. The summed E-state index contributed by atoms with van der Waals surface area (Å²) in [4.78, 5) is 1.92. The third kappa shape index (κ3) is 2.90. The summed E-state index contributed by atoms with van der Waals surface area (Å²) in [6.45, 7) is 0.410. The van der Waals surface area contributed by atoms with Crippen LogP contribution in [0.3, 0.4) is 0 Å². The SMILES string of the molecule is N#Cc1ccc(N(CCO)C2CCCC2)c(F)c1Br. The Labute approximate surface area is 120 Å². The number of hydrogen-bond acceptors (Lipinski definition) is 3. The zero-order valence-electron chi connectivity index (χ0n) is 10.6. The molecule has 1 aromatic carbocycles. The van der Waals surface area contributed by atoms with Gasteiger partial charge in [-0.25, -0.2) is 4.39 Å². The van der Waals surface area contributed by atoms with Crippen LogP contribution in [0.5, 0.6) is 0 Å². The zero-order valence-corrected chi connectivity index (χ0v) is 12.2. The molecule has 1 saturated carbocycles. The fourth-order valence-corrected chi connectivity index (χ4v) is 3.09. The summed E-state index contributed by atoms with van der Waals surface area (Å²) in [5.41, 5.74) is 0.753. The van der Waals surface area contributed by atoms with Crippen molar-refractivity contribution in [2.75, 3.05) is 18.1 Å². The van der Waals surface area contributed by atoms with Crippen LogP contribution in [0, 0.1) is 17.1 Å². The van der Waals surface area contributed by atoms with Gasteiger partial charge < -0.3 is 10.0 Å². The van der Waals surface area contributed by atoms with Crippen molar-refractivity contribution in [1.82, 2.24) is 0 Å². The summed E-state index contributed by atoms with van der Waals surface area (Å²) in [7, 11) is 0. The summed E-state index contributed by atoms with van der Waals surface area (Å²) in [5.74, 6) is -0.417. The smallest absolute Gasteiger partial charge is 0.161 e. The maximum atomic E-state index is 14.4. The van der Waals surface area contributed by atoms with Crippen LogP contribution >= 0.6 is 15.9 Å². The van der Waals surface area contributed by atoms with E-state index in [-0.39, 0.29) is 22.7 Å². The standard InChI is InChI=1S/C14H16BrFN2O/c15-13-10(9-17)5-6-12(14(13)16)18(7-8-19)11-3-1-2-4-11/h5-6,11,19H,1-4,7-8H2. The van der Waals surface area contributed by atoms with Gasteiger partial charge in [-0.15, -0.1) is 0 Å². The van der Waals surface area contributed by atoms with Crippen LogP contribution in [0.15, 0.2) is 16.6 Å². The van der Waals surface area contributed by atoms with Crippen LogP contribution in [0.2, 0.25) is 0 Å². The number of halogens is 2. The Hall–Kier alpha value is -1.12. The number of hydrogen-bond donors (Lipinski definition) is 1. The molecule has 0 radical (unpaired) electrons. The third-order valence-electron chi connectivity index (χ3n) is 3.60. The fraction of sp³-hybridized carbons (Fsp3) is 0.500. The number of aliphatic hydroxyl groups excluding tert-OH is 1. The normalized spacial score (nSPS) is 15.5. The Balaban J connectivity index is 2.36. The van der Waals surface area contributed by atoms with Crippen molar-refractivity contribution < 1.29 is 9.50 Å². The van der Waals surface area contributed by atoms with Crippen LogP contribution < -0.4 is 4.90 Å². The van der Waals surface area contributed by atoms with E-state index in [1.807, 2.05) is 11.0 Å². The Morgan fingerprint density at radius 3 is 2.68 bits per heavy atom. The van der Waals surface area contributed by atoms with E-state index >= 15 is 0 Å². The number of benzene rings is 1. The van der Waals surface area contributed by atoms with Crippen molar-refractivity contribution in [2.45, 2.75) is 31.7 Å². The number of aliphatic hydroxyl groups is 1. The monoisotopic (exact) mass is 326 g/mol. The molecule has 19 heavy (non-hydrogen) atoms. The van der Waals surface area contributed by atoms with Crippen molar-refractivity contribution >= 4 is 21.6 Å². The van der Waals surface area contributed by atoms with Crippen molar-refractivity contribution in [2.24, 2.45) is 0 Å². The Morgan fingerprint density at radius 2 is 2.11 bits per heavy atom. The van der Waals surface area contributed by atoms with E-state index in [4.69, 9.17) is 5.26 Å². The molecule has 1 aliphatic carbocycles. The number of anilines is 1. The molecule has 5 heteroatoms. The molecular weight excluding hydrogens is 311 g/mol. The van der Waals surface area contributed by atoms with Gasteiger partial charge in [-0.3, -0.25) is 0 Å². The van der Waals surface area contributed by atoms with Gasteiger partial charge >= 0.3 is 0 Å². The summed E-state index contributed by atoms with van der Waals surface area (Å²) in [6.07, 6.45) is 4.34. The average Bonchev–Trinajstić information content (AvgIpc) is 2.93. The first-order valence-electron chi connectivity index (χ1n) is 6.44. The van der Waals surface area contributed by atoms with E-state index in [0.29, 0.717) is 12.2 Å². The molecule has 1 aliphatic rings. The van der Waals surface area contributed by atoms with Gasteiger partial charge in [0, 0.05) is 12.6 Å². The molecule has 0 heterocycles. The molecule has 3 nitrogen and oxygen atoms in total. The predicted molar refractivity (Wildman–Crippen MR) is 75.5 cm³/mol. The second kappa shape index (κ2) is 6.36. The molecule has 0 saturated heterocycles. The van der Waals surface area contributed by atoms with E-state index in [1.54, 1.807) is 12.1 Å². The molecule has 0 atom stereocenters. The summed E-state index contributed by atoms with van der Waals surface area (Å²) >= 11 is 3.13. The molecule has 0 aliphatic heterocycles. The molecule has 0 aromatic heterocycles. The van der Waals surface area contributed by atoms with Crippen LogP contribution in [0.4, 0.5) is 10.1 Å². The van der Waals surface area contributed by atoms with E-state index in [2.05, 4.69) is 15.9 Å². The lowest BCUT2D eigenvalue weighted by Crippen LogP contribution is -2.36. The van der Waals surface area contributed by atoms with Crippen molar-refractivity contribution in [1.29, 1.82) is 5.26 Å². The first kappa shape index (κ1) is 14.3. The molecule has 0 spiro atoms. The summed E-state index contributed by atoms with van der Waals surface area (Å²) in [6, 6.07) is 5.47. The molecule has 1 fully saturated rings. The van der Waals surface area contributed by atoms with Gasteiger partial charge in [0.15, 0.2) is 5.82 Å². The van der Waals surface area contributed by atoms with Crippen molar-refractivity contribution in [3.05, 3.63) is 28.0 Å². The van der Waals surface area contributed by atoms with E-state index in [9.17, 15) is 9.50 Å². The van der Waals surface area contributed by atoms with Gasteiger partial charge in [0.05, 0.1) is 22.3 Å². The van der Waals surface area contributed by atoms with Gasteiger partial charge in [0.25, 0.3) is 0 Å². The Morgan fingerprint density at radius 1 is 1.42 bits per heavy atom. The average molecular weight is 327 g/mol. The molecule has 1 N–H and O–H groups in total. The lowest BCUT2D eigenvalue weighted by molar-refractivity contribution is 0.296. The largest absolute Gasteiger partial charge is 0.395 e. The molecule has 0 amide bonds. The van der Waals surface area contributed by atoms with Crippen LogP contribution in [-0.2, 0) is 0 Å². The van der Waals surface area contributed by atoms with Crippen molar-refractivity contribution in [3.8, 4) is 6.07 Å². The maximum Gasteiger partial charge on any atom is 0.161 e. The molecule has 0 unspecified atom stereocenters. The maximum absolute atomic E-state index is 14.4. The lowest BCUT2D eigenvalue weighted by Gasteiger charge is -2.31. The van der Waals surface area contributed by atoms with Gasteiger partial charge in [-0.2, -0.15) is 5.26 Å². The van der Waals surface area contributed by atoms with Gasteiger partial charge in [0.1, 0.15) is 6.07 Å². The minimum Gasteiger partial charge on any atom is -0.395 e. The molecule has 2 rings (SSSR count). The van der Waals surface area contributed by atoms with E-state index in [0.717, 1.165) is 25.7 Å². The lowest BCUT2D eigenvalue weighted by atomic mass is 10.1. The quantitative estimate of drug-likeness (QED) is 0.924. The van der Waals surface area contributed by atoms with Gasteiger partial charge in [-0.1, -0.05) is 12.8 Å². The predicted octanol–water partition coefficient (Wildman–Crippen LogP) is 3.20. The Bertz CT molecular complexity index is 495. The zero-order chi connectivity index (χ0) is 13.8. The highest BCUT2D eigenvalue weighted by Crippen LogP contribution is 2.33. The second-order valence-electron chi connectivity index (χ2n) is 4.73. The first-order valence-corrected chi connectivity index (χ1v) is 7.24. The summed E-state index contributed by atoms with van der Waals surface area (Å²) in [5, 5.41) is 18.1. The van der Waals surface area contributed by atoms with E-state index < -0.39 is 5.82 Å². The summed E-state index contributed by atoms with van der Waals surface area (Å²) < 4.78 is 14.6. The van der Waals surface area contributed by atoms with Crippen molar-refractivity contribution in [3.63, 3.8) is 0 Å². The molecule has 102 valence electrons. The van der Waals surface area contributed by atoms with Crippen LogP contribution in [0.1, 0.15) is 31.2 Å². The Kier molecular flexibility index (Phi) is 4.78. The molecule has 1 aromatic rings. The number of nitrogens with zero attached hydrogens (tertiary/aromatic N) is 2. The van der Waals surface area contributed by atoms with Crippen LogP contribution in [0.25, 0.3) is 0 Å². The minimum absolute atomic E-state index is 0.00639. The number of nitriles is 1. The third-order valence-corrected chi connectivity index (χ3v) is 4.37. The number of rotatable bonds is 4. The van der Waals surface area contributed by atoms with E-state index in [1.165, 1.54) is 0 Å². The highest BCUT2D eigenvalue weighted by Gasteiger charge is 2.25. The van der Waals surface area contributed by atoms with Crippen LogP contribution in [-0.4, -0.2) is 24.3 Å². The fourth-order valence-electron chi connectivity index (χ4n) is 2.67. The second-order valence-corrected chi connectivity index (χ2v) is 5.52. The highest BCUT2D eigenvalue weighted by atomic mass is 79.9. The first-order chi connectivity index (χ1) is 9.19.